The summed E-state index contributed by atoms with van der Waals surface area (Å²) in [5, 5.41) is 20.9. The standard InChI is InChI=1S/C38H50N4O5/c1-27(2)24-38(41-28(3)43)20-21-42(37(38)46)34(19-18-29-12-7-5-8-13-29)36(45)40-33(23-30-14-9-6-10-15-30)35(44)26-39-25-31-16-11-17-32(22-31)47-4/h5-17,22,27,33-35,39,44H,18-21,23-26H2,1-4H3,(H,40,45)(H,41,43)/t33-,34+,35?,38+/m0/s1. The highest BCUT2D eigenvalue weighted by atomic mass is 16.5. The summed E-state index contributed by atoms with van der Waals surface area (Å²) in [4.78, 5) is 42.3. The number of carbonyl (C=O) groups is 3. The van der Waals surface area contributed by atoms with Crippen LogP contribution in [0.5, 0.6) is 5.75 Å². The molecule has 0 bridgehead atoms. The number of aliphatic hydroxyl groups excluding tert-OH is 1. The van der Waals surface area contributed by atoms with Gasteiger partial charge < -0.3 is 30.7 Å². The van der Waals surface area contributed by atoms with E-state index < -0.39 is 23.7 Å². The number of nitrogens with one attached hydrogen (secondary N) is 3. The third-order valence-corrected chi connectivity index (χ3v) is 8.76. The zero-order valence-electron chi connectivity index (χ0n) is 28.1. The maximum absolute atomic E-state index is 14.3. The van der Waals surface area contributed by atoms with E-state index in [9.17, 15) is 19.5 Å². The molecule has 1 saturated heterocycles. The summed E-state index contributed by atoms with van der Waals surface area (Å²) in [6.07, 6.45) is 1.42. The Morgan fingerprint density at radius 2 is 1.62 bits per heavy atom. The number of amides is 3. The van der Waals surface area contributed by atoms with Crippen molar-refractivity contribution in [3.05, 3.63) is 102 Å². The average molecular weight is 643 g/mol. The van der Waals surface area contributed by atoms with E-state index in [1.54, 1.807) is 12.0 Å². The Kier molecular flexibility index (Phi) is 13.0. The topological polar surface area (TPSA) is 120 Å². The second-order valence-electron chi connectivity index (χ2n) is 13.0. The maximum Gasteiger partial charge on any atom is 0.249 e. The lowest BCUT2D eigenvalue weighted by Crippen LogP contribution is -2.59. The summed E-state index contributed by atoms with van der Waals surface area (Å²) in [5.74, 6) is 0.115. The molecule has 47 heavy (non-hydrogen) atoms. The minimum atomic E-state index is -1.04. The molecule has 9 heteroatoms. The number of carbonyl (C=O) groups excluding carboxylic acids is 3. The van der Waals surface area contributed by atoms with Crippen LogP contribution in [-0.2, 0) is 33.8 Å². The Labute approximate surface area is 279 Å². The largest absolute Gasteiger partial charge is 0.497 e. The third kappa shape index (κ3) is 10.1. The summed E-state index contributed by atoms with van der Waals surface area (Å²) in [6.45, 7) is 6.59. The highest BCUT2D eigenvalue weighted by Gasteiger charge is 2.50. The normalized spacial score (nSPS) is 18.1. The van der Waals surface area contributed by atoms with E-state index in [1.165, 1.54) is 6.92 Å². The van der Waals surface area contributed by atoms with Crippen LogP contribution in [-0.4, -0.2) is 71.7 Å². The van der Waals surface area contributed by atoms with Crippen molar-refractivity contribution in [1.29, 1.82) is 0 Å². The molecule has 3 amide bonds. The number of likely N-dealkylation sites (tertiary alicyclic amines) is 1. The molecule has 1 unspecified atom stereocenters. The van der Waals surface area contributed by atoms with Crippen molar-refractivity contribution >= 4 is 17.7 Å². The number of methoxy groups -OCH3 is 1. The van der Waals surface area contributed by atoms with Crippen LogP contribution in [0.4, 0.5) is 0 Å². The number of hydrogen-bond acceptors (Lipinski definition) is 6. The van der Waals surface area contributed by atoms with E-state index in [0.717, 1.165) is 22.4 Å². The molecular weight excluding hydrogens is 592 g/mol. The van der Waals surface area contributed by atoms with E-state index in [2.05, 4.69) is 16.0 Å². The summed E-state index contributed by atoms with van der Waals surface area (Å²) in [5.41, 5.74) is 2.01. The van der Waals surface area contributed by atoms with E-state index in [1.807, 2.05) is 98.8 Å². The third-order valence-electron chi connectivity index (χ3n) is 8.76. The first-order valence-electron chi connectivity index (χ1n) is 16.6. The molecule has 4 atom stereocenters. The summed E-state index contributed by atoms with van der Waals surface area (Å²) in [6, 6.07) is 26.0. The van der Waals surface area contributed by atoms with Crippen LogP contribution < -0.4 is 20.7 Å². The molecule has 0 radical (unpaired) electrons. The molecule has 1 heterocycles. The Bertz CT molecular complexity index is 1450. The van der Waals surface area contributed by atoms with Gasteiger partial charge in [0.1, 0.15) is 17.3 Å². The predicted molar refractivity (Wildman–Crippen MR) is 184 cm³/mol. The first kappa shape index (κ1) is 35.6. The van der Waals surface area contributed by atoms with Gasteiger partial charge in [-0.05, 0) is 66.8 Å². The van der Waals surface area contributed by atoms with Crippen molar-refractivity contribution in [1.82, 2.24) is 20.9 Å². The zero-order chi connectivity index (χ0) is 33.8. The van der Waals surface area contributed by atoms with Crippen molar-refractivity contribution in [3.63, 3.8) is 0 Å². The van der Waals surface area contributed by atoms with Gasteiger partial charge in [0.05, 0.1) is 19.3 Å². The van der Waals surface area contributed by atoms with Crippen LogP contribution in [0.3, 0.4) is 0 Å². The van der Waals surface area contributed by atoms with Crippen molar-refractivity contribution in [2.24, 2.45) is 5.92 Å². The monoisotopic (exact) mass is 642 g/mol. The fraction of sp³-hybridized carbons (Fsp3) is 0.447. The van der Waals surface area contributed by atoms with Crippen LogP contribution in [0.15, 0.2) is 84.9 Å². The number of aryl methyl sites for hydroxylation is 1. The highest BCUT2D eigenvalue weighted by molar-refractivity contribution is 5.96. The van der Waals surface area contributed by atoms with E-state index in [0.29, 0.717) is 45.2 Å². The average Bonchev–Trinajstić information content (AvgIpc) is 3.35. The van der Waals surface area contributed by atoms with Crippen molar-refractivity contribution in [2.45, 2.75) is 83.1 Å². The molecule has 252 valence electrons. The van der Waals surface area contributed by atoms with Gasteiger partial charge in [-0.25, -0.2) is 0 Å². The Balaban J connectivity index is 1.55. The van der Waals surface area contributed by atoms with Crippen molar-refractivity contribution in [3.8, 4) is 5.75 Å². The molecule has 1 fully saturated rings. The maximum atomic E-state index is 14.3. The van der Waals surface area contributed by atoms with Crippen molar-refractivity contribution in [2.75, 3.05) is 20.2 Å². The molecule has 3 aromatic carbocycles. The number of nitrogens with zero attached hydrogens (tertiary/aromatic N) is 1. The lowest BCUT2D eigenvalue weighted by molar-refractivity contribution is -0.143. The van der Waals surface area contributed by atoms with Gasteiger partial charge >= 0.3 is 0 Å². The van der Waals surface area contributed by atoms with Crippen LogP contribution in [0.2, 0.25) is 0 Å². The van der Waals surface area contributed by atoms with E-state index in [4.69, 9.17) is 4.74 Å². The quantitative estimate of drug-likeness (QED) is 0.177. The Hall–Kier alpha value is -4.21. The molecule has 4 rings (SSSR count). The van der Waals surface area contributed by atoms with Gasteiger partial charge in [0.25, 0.3) is 0 Å². The summed E-state index contributed by atoms with van der Waals surface area (Å²) in [7, 11) is 1.63. The first-order chi connectivity index (χ1) is 22.6. The molecule has 3 aromatic rings. The molecule has 0 aromatic heterocycles. The molecule has 0 spiro atoms. The fourth-order valence-corrected chi connectivity index (χ4v) is 6.58. The molecule has 1 aliphatic rings. The smallest absolute Gasteiger partial charge is 0.249 e. The van der Waals surface area contributed by atoms with Crippen molar-refractivity contribution < 1.29 is 24.2 Å². The lowest BCUT2D eigenvalue weighted by Gasteiger charge is -2.34. The number of rotatable bonds is 17. The molecule has 0 aliphatic carbocycles. The SMILES string of the molecule is COc1cccc(CNCC(O)[C@H](Cc2ccccc2)NC(=O)[C@@H](CCc2ccccc2)N2CC[C@](CC(C)C)(NC(C)=O)C2=O)c1. The minimum Gasteiger partial charge on any atom is -0.497 e. The van der Waals surface area contributed by atoms with Gasteiger partial charge in [0.15, 0.2) is 0 Å². The fourth-order valence-electron chi connectivity index (χ4n) is 6.58. The van der Waals surface area contributed by atoms with Crippen LogP contribution >= 0.6 is 0 Å². The van der Waals surface area contributed by atoms with Gasteiger partial charge in [-0.3, -0.25) is 14.4 Å². The Morgan fingerprint density at radius 3 is 2.26 bits per heavy atom. The highest BCUT2D eigenvalue weighted by Crippen LogP contribution is 2.32. The zero-order valence-corrected chi connectivity index (χ0v) is 28.1. The molecular formula is C38H50N4O5. The van der Waals surface area contributed by atoms with E-state index in [-0.39, 0.29) is 30.2 Å². The number of ether oxygens (including phenoxy) is 1. The van der Waals surface area contributed by atoms with Gasteiger partial charge in [0.2, 0.25) is 17.7 Å². The summed E-state index contributed by atoms with van der Waals surface area (Å²) < 4.78 is 5.33. The van der Waals surface area contributed by atoms with Gasteiger partial charge in [0, 0.05) is 26.6 Å². The predicted octanol–water partition coefficient (Wildman–Crippen LogP) is 4.03. The van der Waals surface area contributed by atoms with Crippen LogP contribution in [0, 0.1) is 5.92 Å². The van der Waals surface area contributed by atoms with Crippen LogP contribution in [0.25, 0.3) is 0 Å². The second-order valence-corrected chi connectivity index (χ2v) is 13.0. The minimum absolute atomic E-state index is 0.164. The van der Waals surface area contributed by atoms with Gasteiger partial charge in [-0.2, -0.15) is 0 Å². The second kappa shape index (κ2) is 17.1. The summed E-state index contributed by atoms with van der Waals surface area (Å²) >= 11 is 0. The lowest BCUT2D eigenvalue weighted by atomic mass is 9.87. The van der Waals surface area contributed by atoms with Gasteiger partial charge in [-0.15, -0.1) is 0 Å². The molecule has 9 nitrogen and oxygen atoms in total. The molecule has 4 N–H and O–H groups in total. The molecule has 1 aliphatic heterocycles. The van der Waals surface area contributed by atoms with Gasteiger partial charge in [-0.1, -0.05) is 86.6 Å². The number of hydrogen-bond donors (Lipinski definition) is 4. The van der Waals surface area contributed by atoms with E-state index >= 15 is 0 Å². The van der Waals surface area contributed by atoms with Crippen LogP contribution in [0.1, 0.15) is 56.7 Å². The number of benzene rings is 3. The Morgan fingerprint density at radius 1 is 0.957 bits per heavy atom. The first-order valence-corrected chi connectivity index (χ1v) is 16.6. The number of aliphatic hydroxyl groups is 1. The molecule has 0 saturated carbocycles.